The fourth-order valence-electron chi connectivity index (χ4n) is 1.52. The van der Waals surface area contributed by atoms with Crippen molar-refractivity contribution in [2.45, 2.75) is 19.8 Å². The average Bonchev–Trinajstić information content (AvgIpc) is 2.29. The standard InChI is InChI=1S/C12H14ClNO3/c1-3-4-9-8-12(17-2)10(7-11(9)13)5-6-14(15)16/h5-8H,3-4H2,1-2H3/b6-5+. The molecule has 1 rings (SSSR count). The van der Waals surface area contributed by atoms with Gasteiger partial charge in [0.2, 0.25) is 6.20 Å². The zero-order valence-electron chi connectivity index (χ0n) is 9.77. The number of benzene rings is 1. The van der Waals surface area contributed by atoms with Crippen LogP contribution in [0, 0.1) is 10.1 Å². The third-order valence-electron chi connectivity index (χ3n) is 2.29. The highest BCUT2D eigenvalue weighted by molar-refractivity contribution is 6.31. The number of rotatable bonds is 5. The van der Waals surface area contributed by atoms with Crippen LogP contribution in [0.5, 0.6) is 5.75 Å². The highest BCUT2D eigenvalue weighted by Crippen LogP contribution is 2.28. The molecule has 0 saturated carbocycles. The number of nitro groups is 1. The van der Waals surface area contributed by atoms with E-state index in [1.807, 2.05) is 6.07 Å². The monoisotopic (exact) mass is 255 g/mol. The molecule has 0 aromatic heterocycles. The average molecular weight is 256 g/mol. The molecule has 0 fully saturated rings. The Kier molecular flexibility index (Phi) is 4.97. The van der Waals surface area contributed by atoms with Crippen LogP contribution >= 0.6 is 11.6 Å². The molecule has 0 aliphatic heterocycles. The number of hydrogen-bond donors (Lipinski definition) is 0. The van der Waals surface area contributed by atoms with E-state index in [4.69, 9.17) is 16.3 Å². The molecule has 0 radical (unpaired) electrons. The van der Waals surface area contributed by atoms with Gasteiger partial charge in [-0.3, -0.25) is 10.1 Å². The van der Waals surface area contributed by atoms with Crippen LogP contribution in [0.2, 0.25) is 5.02 Å². The van der Waals surface area contributed by atoms with Gasteiger partial charge in [-0.2, -0.15) is 0 Å². The summed E-state index contributed by atoms with van der Waals surface area (Å²) in [4.78, 5) is 9.75. The van der Waals surface area contributed by atoms with Crippen molar-refractivity contribution in [3.8, 4) is 5.75 Å². The molecule has 0 amide bonds. The molecule has 17 heavy (non-hydrogen) atoms. The van der Waals surface area contributed by atoms with Gasteiger partial charge in [0.15, 0.2) is 0 Å². The Morgan fingerprint density at radius 2 is 2.24 bits per heavy atom. The maximum atomic E-state index is 10.3. The van der Waals surface area contributed by atoms with Crippen molar-refractivity contribution in [2.75, 3.05) is 7.11 Å². The molecule has 0 unspecified atom stereocenters. The fourth-order valence-corrected chi connectivity index (χ4v) is 1.79. The summed E-state index contributed by atoms with van der Waals surface area (Å²) in [6.07, 6.45) is 4.08. The number of halogens is 1. The fraction of sp³-hybridized carbons (Fsp3) is 0.333. The van der Waals surface area contributed by atoms with Crippen LogP contribution in [0.1, 0.15) is 24.5 Å². The number of methoxy groups -OCH3 is 1. The molecule has 0 atom stereocenters. The molecule has 0 spiro atoms. The van der Waals surface area contributed by atoms with Gasteiger partial charge in [0.25, 0.3) is 0 Å². The largest absolute Gasteiger partial charge is 0.496 e. The quantitative estimate of drug-likeness (QED) is 0.597. The van der Waals surface area contributed by atoms with E-state index in [1.54, 1.807) is 6.07 Å². The van der Waals surface area contributed by atoms with Crippen molar-refractivity contribution in [3.05, 3.63) is 44.6 Å². The van der Waals surface area contributed by atoms with Crippen molar-refractivity contribution in [1.82, 2.24) is 0 Å². The first-order valence-corrected chi connectivity index (χ1v) is 5.64. The van der Waals surface area contributed by atoms with Crippen molar-refractivity contribution >= 4 is 17.7 Å². The summed E-state index contributed by atoms with van der Waals surface area (Å²) in [5.41, 5.74) is 1.60. The number of hydrogen-bond acceptors (Lipinski definition) is 3. The molecule has 0 aliphatic carbocycles. The third kappa shape index (κ3) is 3.75. The van der Waals surface area contributed by atoms with Crippen molar-refractivity contribution in [3.63, 3.8) is 0 Å². The molecule has 0 saturated heterocycles. The minimum absolute atomic E-state index is 0.521. The molecule has 5 heteroatoms. The Balaban J connectivity index is 3.13. The first-order valence-electron chi connectivity index (χ1n) is 5.26. The van der Waals surface area contributed by atoms with Crippen molar-refractivity contribution in [1.29, 1.82) is 0 Å². The zero-order chi connectivity index (χ0) is 12.8. The summed E-state index contributed by atoms with van der Waals surface area (Å²) in [5, 5.41) is 10.9. The molecule has 1 aromatic rings. The summed E-state index contributed by atoms with van der Waals surface area (Å²) in [6.45, 7) is 2.06. The van der Waals surface area contributed by atoms with Crippen LogP contribution in [0.3, 0.4) is 0 Å². The SMILES string of the molecule is CCCc1cc(OC)c(/C=C/[N+](=O)[O-])cc1Cl. The number of aryl methyl sites for hydroxylation is 1. The van der Waals surface area contributed by atoms with Gasteiger partial charge in [-0.1, -0.05) is 24.9 Å². The van der Waals surface area contributed by atoms with Gasteiger partial charge in [0, 0.05) is 16.7 Å². The molecule has 0 bridgehead atoms. The second-order valence-corrected chi connectivity index (χ2v) is 3.94. The maximum Gasteiger partial charge on any atom is 0.235 e. The van der Waals surface area contributed by atoms with Gasteiger partial charge in [-0.05, 0) is 24.1 Å². The second kappa shape index (κ2) is 6.25. The summed E-state index contributed by atoms with van der Waals surface area (Å²) in [6, 6.07) is 3.51. The summed E-state index contributed by atoms with van der Waals surface area (Å²) in [7, 11) is 1.53. The van der Waals surface area contributed by atoms with Gasteiger partial charge in [-0.15, -0.1) is 0 Å². The highest BCUT2D eigenvalue weighted by atomic mass is 35.5. The molecule has 4 nitrogen and oxygen atoms in total. The van der Waals surface area contributed by atoms with Crippen LogP contribution < -0.4 is 4.74 Å². The Hall–Kier alpha value is -1.55. The van der Waals surface area contributed by atoms with E-state index < -0.39 is 4.92 Å². The lowest BCUT2D eigenvalue weighted by Gasteiger charge is -2.09. The van der Waals surface area contributed by atoms with Gasteiger partial charge in [0.05, 0.1) is 12.0 Å². The summed E-state index contributed by atoms with van der Waals surface area (Å²) >= 11 is 6.09. The molecular formula is C12H14ClNO3. The van der Waals surface area contributed by atoms with Crippen LogP contribution in [0.25, 0.3) is 6.08 Å². The van der Waals surface area contributed by atoms with E-state index >= 15 is 0 Å². The zero-order valence-corrected chi connectivity index (χ0v) is 10.5. The molecule has 92 valence electrons. The Bertz CT molecular complexity index is 444. The smallest absolute Gasteiger partial charge is 0.235 e. The Morgan fingerprint density at radius 1 is 1.53 bits per heavy atom. The lowest BCUT2D eigenvalue weighted by molar-refractivity contribution is -0.400. The highest BCUT2D eigenvalue weighted by Gasteiger charge is 2.07. The van der Waals surface area contributed by atoms with Crippen LogP contribution in [0.15, 0.2) is 18.3 Å². The van der Waals surface area contributed by atoms with Gasteiger partial charge < -0.3 is 4.74 Å². The molecule has 0 aliphatic rings. The van der Waals surface area contributed by atoms with Crippen LogP contribution in [0.4, 0.5) is 0 Å². The van der Waals surface area contributed by atoms with Gasteiger partial charge >= 0.3 is 0 Å². The van der Waals surface area contributed by atoms with E-state index in [0.717, 1.165) is 24.6 Å². The predicted molar refractivity (Wildman–Crippen MR) is 68.0 cm³/mol. The van der Waals surface area contributed by atoms with Gasteiger partial charge in [-0.25, -0.2) is 0 Å². The molecule has 0 heterocycles. The van der Waals surface area contributed by atoms with E-state index in [0.29, 0.717) is 16.3 Å². The van der Waals surface area contributed by atoms with Gasteiger partial charge in [0.1, 0.15) is 5.75 Å². The predicted octanol–water partition coefficient (Wildman–Crippen LogP) is 3.55. The van der Waals surface area contributed by atoms with E-state index in [1.165, 1.54) is 13.2 Å². The summed E-state index contributed by atoms with van der Waals surface area (Å²) in [5.74, 6) is 0.593. The summed E-state index contributed by atoms with van der Waals surface area (Å²) < 4.78 is 5.19. The van der Waals surface area contributed by atoms with Crippen molar-refractivity contribution < 1.29 is 9.66 Å². The van der Waals surface area contributed by atoms with E-state index in [9.17, 15) is 10.1 Å². The Morgan fingerprint density at radius 3 is 2.76 bits per heavy atom. The first-order chi connectivity index (χ1) is 8.08. The van der Waals surface area contributed by atoms with E-state index in [2.05, 4.69) is 6.92 Å². The normalized spacial score (nSPS) is 10.8. The van der Waals surface area contributed by atoms with Crippen molar-refractivity contribution in [2.24, 2.45) is 0 Å². The third-order valence-corrected chi connectivity index (χ3v) is 2.65. The lowest BCUT2D eigenvalue weighted by atomic mass is 10.1. The second-order valence-electron chi connectivity index (χ2n) is 3.54. The Labute approximate surface area is 105 Å². The van der Waals surface area contributed by atoms with E-state index in [-0.39, 0.29) is 0 Å². The molecular weight excluding hydrogens is 242 g/mol. The van der Waals surface area contributed by atoms with Crippen LogP contribution in [-0.4, -0.2) is 12.0 Å². The number of ether oxygens (including phenoxy) is 1. The first kappa shape index (κ1) is 13.5. The minimum atomic E-state index is -0.521. The minimum Gasteiger partial charge on any atom is -0.496 e. The lowest BCUT2D eigenvalue weighted by Crippen LogP contribution is -1.93. The van der Waals surface area contributed by atoms with Crippen LogP contribution in [-0.2, 0) is 6.42 Å². The maximum absolute atomic E-state index is 10.3. The molecule has 0 N–H and O–H groups in total. The number of nitrogens with zero attached hydrogens (tertiary/aromatic N) is 1. The molecule has 1 aromatic carbocycles. The topological polar surface area (TPSA) is 52.4 Å².